The molecule has 6 heteroatoms. The SMILES string of the molecule is O=C(N1CCCC1Cc1ccc(O)cc1)C(F)(F)F. The Kier molecular flexibility index (Phi) is 3.68. The fourth-order valence-electron chi connectivity index (χ4n) is 2.38. The van der Waals surface area contributed by atoms with Crippen LogP contribution in [0, 0.1) is 0 Å². The molecule has 1 aromatic rings. The molecule has 1 saturated heterocycles. The number of phenols is 1. The van der Waals surface area contributed by atoms with E-state index in [1.165, 1.54) is 12.1 Å². The molecular weight excluding hydrogens is 259 g/mol. The Morgan fingerprint density at radius 2 is 1.95 bits per heavy atom. The molecule has 1 unspecified atom stereocenters. The van der Waals surface area contributed by atoms with Gasteiger partial charge in [0.1, 0.15) is 5.75 Å². The summed E-state index contributed by atoms with van der Waals surface area (Å²) in [5, 5.41) is 9.15. The monoisotopic (exact) mass is 273 g/mol. The summed E-state index contributed by atoms with van der Waals surface area (Å²) in [6, 6.07) is 5.87. The van der Waals surface area contributed by atoms with E-state index in [1.54, 1.807) is 12.1 Å². The molecule has 0 spiro atoms. The number of benzene rings is 1. The van der Waals surface area contributed by atoms with Crippen LogP contribution in [0.15, 0.2) is 24.3 Å². The lowest BCUT2D eigenvalue weighted by atomic mass is 10.0. The third-order valence-electron chi connectivity index (χ3n) is 3.29. The number of alkyl halides is 3. The predicted molar refractivity (Wildman–Crippen MR) is 62.6 cm³/mol. The first-order valence-corrected chi connectivity index (χ1v) is 6.03. The largest absolute Gasteiger partial charge is 0.508 e. The minimum Gasteiger partial charge on any atom is -0.508 e. The summed E-state index contributed by atoms with van der Waals surface area (Å²) in [7, 11) is 0. The van der Waals surface area contributed by atoms with Gasteiger partial charge in [-0.15, -0.1) is 0 Å². The van der Waals surface area contributed by atoms with Gasteiger partial charge in [0.05, 0.1) is 0 Å². The standard InChI is InChI=1S/C13H14F3NO2/c14-13(15,16)12(19)17-7-1-2-10(17)8-9-3-5-11(18)6-4-9/h3-6,10,18H,1-2,7-8H2. The van der Waals surface area contributed by atoms with E-state index in [4.69, 9.17) is 5.11 Å². The Morgan fingerprint density at radius 1 is 1.32 bits per heavy atom. The number of amides is 1. The molecule has 3 nitrogen and oxygen atoms in total. The van der Waals surface area contributed by atoms with Gasteiger partial charge < -0.3 is 10.0 Å². The Balaban J connectivity index is 2.07. The molecule has 0 aromatic heterocycles. The minimum atomic E-state index is -4.81. The first-order valence-electron chi connectivity index (χ1n) is 6.03. The van der Waals surface area contributed by atoms with Crippen molar-refractivity contribution in [2.75, 3.05) is 6.54 Å². The zero-order valence-electron chi connectivity index (χ0n) is 10.2. The second kappa shape index (κ2) is 5.11. The van der Waals surface area contributed by atoms with Crippen molar-refractivity contribution >= 4 is 5.91 Å². The van der Waals surface area contributed by atoms with Crippen LogP contribution >= 0.6 is 0 Å². The average Bonchev–Trinajstić information content (AvgIpc) is 2.78. The third kappa shape index (κ3) is 3.19. The van der Waals surface area contributed by atoms with Gasteiger partial charge in [0, 0.05) is 12.6 Å². The number of carbonyl (C=O) groups excluding carboxylic acids is 1. The summed E-state index contributed by atoms with van der Waals surface area (Å²) < 4.78 is 37.3. The summed E-state index contributed by atoms with van der Waals surface area (Å²) in [4.78, 5) is 12.2. The Hall–Kier alpha value is -1.72. The number of phenolic OH excluding ortho intramolecular Hbond substituents is 1. The number of rotatable bonds is 2. The molecule has 104 valence electrons. The van der Waals surface area contributed by atoms with E-state index in [1.807, 2.05) is 0 Å². The summed E-state index contributed by atoms with van der Waals surface area (Å²) in [6.07, 6.45) is -3.27. The maximum Gasteiger partial charge on any atom is 0.471 e. The Morgan fingerprint density at radius 3 is 2.53 bits per heavy atom. The molecule has 2 rings (SSSR count). The molecular formula is C13H14F3NO2. The van der Waals surface area contributed by atoms with Crippen LogP contribution in [0.3, 0.4) is 0 Å². The average molecular weight is 273 g/mol. The highest BCUT2D eigenvalue weighted by Crippen LogP contribution is 2.27. The van der Waals surface area contributed by atoms with Crippen LogP contribution in [-0.2, 0) is 11.2 Å². The molecule has 19 heavy (non-hydrogen) atoms. The van der Waals surface area contributed by atoms with Crippen LogP contribution < -0.4 is 0 Å². The maximum atomic E-state index is 12.4. The number of likely N-dealkylation sites (tertiary alicyclic amines) is 1. The van der Waals surface area contributed by atoms with Gasteiger partial charge in [0.2, 0.25) is 0 Å². The summed E-state index contributed by atoms with van der Waals surface area (Å²) >= 11 is 0. The molecule has 0 aliphatic carbocycles. The highest BCUT2D eigenvalue weighted by Gasteiger charge is 2.45. The second-order valence-corrected chi connectivity index (χ2v) is 4.66. The van der Waals surface area contributed by atoms with Crippen LogP contribution in [-0.4, -0.2) is 34.7 Å². The fraction of sp³-hybridized carbons (Fsp3) is 0.462. The molecule has 1 atom stereocenters. The molecule has 1 fully saturated rings. The van der Waals surface area contributed by atoms with Gasteiger partial charge in [-0.2, -0.15) is 13.2 Å². The maximum absolute atomic E-state index is 12.4. The van der Waals surface area contributed by atoms with Crippen LogP contribution in [0.1, 0.15) is 18.4 Å². The van der Waals surface area contributed by atoms with Crippen molar-refractivity contribution in [1.82, 2.24) is 4.90 Å². The molecule has 1 heterocycles. The highest BCUT2D eigenvalue weighted by molar-refractivity contribution is 5.82. The predicted octanol–water partition coefficient (Wildman–Crippen LogP) is 2.49. The number of nitrogens with zero attached hydrogens (tertiary/aromatic N) is 1. The van der Waals surface area contributed by atoms with Crippen molar-refractivity contribution in [3.8, 4) is 5.75 Å². The van der Waals surface area contributed by atoms with Crippen molar-refractivity contribution in [3.05, 3.63) is 29.8 Å². The van der Waals surface area contributed by atoms with Crippen molar-refractivity contribution in [1.29, 1.82) is 0 Å². The van der Waals surface area contributed by atoms with Gasteiger partial charge in [-0.05, 0) is 37.0 Å². The van der Waals surface area contributed by atoms with Crippen molar-refractivity contribution in [2.24, 2.45) is 0 Å². The molecule has 1 amide bonds. The molecule has 1 aromatic carbocycles. The van der Waals surface area contributed by atoms with Crippen LogP contribution in [0.2, 0.25) is 0 Å². The quantitative estimate of drug-likeness (QED) is 0.899. The van der Waals surface area contributed by atoms with E-state index in [2.05, 4.69) is 0 Å². The molecule has 0 bridgehead atoms. The van der Waals surface area contributed by atoms with E-state index in [9.17, 15) is 18.0 Å². The number of halogens is 3. The van der Waals surface area contributed by atoms with E-state index in [0.717, 1.165) is 10.5 Å². The van der Waals surface area contributed by atoms with Gasteiger partial charge in [-0.1, -0.05) is 12.1 Å². The smallest absolute Gasteiger partial charge is 0.471 e. The van der Waals surface area contributed by atoms with E-state index in [0.29, 0.717) is 19.3 Å². The normalized spacial score (nSPS) is 19.7. The lowest BCUT2D eigenvalue weighted by molar-refractivity contribution is -0.186. The molecule has 1 aliphatic rings. The van der Waals surface area contributed by atoms with Gasteiger partial charge in [-0.3, -0.25) is 4.79 Å². The summed E-state index contributed by atoms with van der Waals surface area (Å²) in [5.74, 6) is -1.65. The zero-order chi connectivity index (χ0) is 14.0. The number of hydrogen-bond donors (Lipinski definition) is 1. The lowest BCUT2D eigenvalue weighted by Gasteiger charge is -2.25. The zero-order valence-corrected chi connectivity index (χ0v) is 10.2. The number of aromatic hydroxyl groups is 1. The number of carbonyl (C=O) groups is 1. The highest BCUT2D eigenvalue weighted by atomic mass is 19.4. The van der Waals surface area contributed by atoms with Crippen LogP contribution in [0.5, 0.6) is 5.75 Å². The topological polar surface area (TPSA) is 40.5 Å². The van der Waals surface area contributed by atoms with Gasteiger partial charge in [0.15, 0.2) is 0 Å². The fourth-order valence-corrected chi connectivity index (χ4v) is 2.38. The first kappa shape index (κ1) is 13.7. The van der Waals surface area contributed by atoms with Gasteiger partial charge in [-0.25, -0.2) is 0 Å². The van der Waals surface area contributed by atoms with Crippen molar-refractivity contribution in [2.45, 2.75) is 31.5 Å². The van der Waals surface area contributed by atoms with Crippen LogP contribution in [0.4, 0.5) is 13.2 Å². The third-order valence-corrected chi connectivity index (χ3v) is 3.29. The van der Waals surface area contributed by atoms with Gasteiger partial charge >= 0.3 is 12.1 Å². The number of hydrogen-bond acceptors (Lipinski definition) is 2. The lowest BCUT2D eigenvalue weighted by Crippen LogP contribution is -2.44. The van der Waals surface area contributed by atoms with Crippen molar-refractivity contribution in [3.63, 3.8) is 0 Å². The van der Waals surface area contributed by atoms with Crippen molar-refractivity contribution < 1.29 is 23.1 Å². The second-order valence-electron chi connectivity index (χ2n) is 4.66. The summed E-state index contributed by atoms with van der Waals surface area (Å²) in [6.45, 7) is 0.154. The van der Waals surface area contributed by atoms with Crippen LogP contribution in [0.25, 0.3) is 0 Å². The van der Waals surface area contributed by atoms with Gasteiger partial charge in [0.25, 0.3) is 0 Å². The molecule has 1 N–H and O–H groups in total. The van der Waals surface area contributed by atoms with E-state index >= 15 is 0 Å². The Labute approximate surface area is 108 Å². The molecule has 0 radical (unpaired) electrons. The molecule has 0 saturated carbocycles. The Bertz CT molecular complexity index is 456. The summed E-state index contributed by atoms with van der Waals surface area (Å²) in [5.41, 5.74) is 0.810. The van der Waals surface area contributed by atoms with E-state index < -0.39 is 18.1 Å². The first-order chi connectivity index (χ1) is 8.88. The van der Waals surface area contributed by atoms with E-state index in [-0.39, 0.29) is 12.3 Å². The molecule has 1 aliphatic heterocycles. The minimum absolute atomic E-state index is 0.110.